The number of fused-ring (bicyclic) bond motifs is 1. The minimum Gasteiger partial charge on any atom is -0.461 e. The lowest BCUT2D eigenvalue weighted by atomic mass is 9.90. The van der Waals surface area contributed by atoms with Crippen LogP contribution in [0.25, 0.3) is 16.8 Å². The molecule has 1 aliphatic rings. The van der Waals surface area contributed by atoms with Gasteiger partial charge >= 0.3 is 5.97 Å². The number of esters is 1. The van der Waals surface area contributed by atoms with Crippen molar-refractivity contribution in [3.05, 3.63) is 106 Å². The van der Waals surface area contributed by atoms with Crippen LogP contribution in [0, 0.1) is 0 Å². The maximum atomic E-state index is 14.5. The lowest BCUT2D eigenvalue weighted by molar-refractivity contribution is 0.0519. The van der Waals surface area contributed by atoms with Crippen LogP contribution in [0.4, 0.5) is 0 Å². The standard InChI is InChI=1S/C34H36N4O4/c1-3-5-15-30-31(32(34(41)42-4-2)36-38(30)26-13-7-6-8-14-26)28-17-16-23(22-39)18-29(28)33(40)37-21-25-12-10-9-11-24(25)19-27(37)20-35/h6-14,16-18,22,27H,3-5,15,19-21,35H2,1-2H3. The van der Waals surface area contributed by atoms with Crippen LogP contribution in [0.1, 0.15) is 74.7 Å². The van der Waals surface area contributed by atoms with Gasteiger partial charge < -0.3 is 15.4 Å². The van der Waals surface area contributed by atoms with Crippen LogP contribution < -0.4 is 5.73 Å². The zero-order valence-corrected chi connectivity index (χ0v) is 24.1. The molecule has 1 atom stereocenters. The highest BCUT2D eigenvalue weighted by atomic mass is 16.5. The highest BCUT2D eigenvalue weighted by molar-refractivity contribution is 6.06. The minimum absolute atomic E-state index is 0.138. The molecular formula is C34H36N4O4. The molecule has 0 radical (unpaired) electrons. The third kappa shape index (κ3) is 5.63. The number of nitrogens with zero attached hydrogens (tertiary/aromatic N) is 3. The van der Waals surface area contributed by atoms with Gasteiger partial charge in [-0.25, -0.2) is 9.48 Å². The van der Waals surface area contributed by atoms with Crippen molar-refractivity contribution >= 4 is 18.2 Å². The van der Waals surface area contributed by atoms with Crippen LogP contribution in [0.5, 0.6) is 0 Å². The van der Waals surface area contributed by atoms with E-state index in [2.05, 4.69) is 13.0 Å². The number of aromatic nitrogens is 2. The maximum absolute atomic E-state index is 14.5. The molecule has 42 heavy (non-hydrogen) atoms. The Kier molecular flexibility index (Phi) is 8.93. The summed E-state index contributed by atoms with van der Waals surface area (Å²) < 4.78 is 7.23. The molecule has 1 aromatic heterocycles. The average molecular weight is 565 g/mol. The number of rotatable bonds is 10. The number of ether oxygens (including phenoxy) is 1. The molecule has 1 amide bonds. The molecule has 1 aliphatic heterocycles. The highest BCUT2D eigenvalue weighted by Gasteiger charge is 2.33. The van der Waals surface area contributed by atoms with E-state index in [9.17, 15) is 14.4 Å². The number of carbonyl (C=O) groups is 3. The third-order valence-electron chi connectivity index (χ3n) is 7.79. The molecule has 0 bridgehead atoms. The lowest BCUT2D eigenvalue weighted by Gasteiger charge is -2.37. The van der Waals surface area contributed by atoms with E-state index < -0.39 is 5.97 Å². The Labute approximate surface area is 246 Å². The smallest absolute Gasteiger partial charge is 0.359 e. The fraction of sp³-hybridized carbons (Fsp3) is 0.294. The molecule has 216 valence electrons. The molecule has 0 fully saturated rings. The summed E-state index contributed by atoms with van der Waals surface area (Å²) in [4.78, 5) is 41.5. The van der Waals surface area contributed by atoms with E-state index in [-0.39, 0.29) is 24.2 Å². The number of nitrogens with two attached hydrogens (primary N) is 1. The Hall–Kier alpha value is -4.56. The summed E-state index contributed by atoms with van der Waals surface area (Å²) in [7, 11) is 0. The van der Waals surface area contributed by atoms with E-state index in [4.69, 9.17) is 15.6 Å². The summed E-state index contributed by atoms with van der Waals surface area (Å²) in [5, 5.41) is 4.77. The number of para-hydroxylation sites is 1. The second-order valence-electron chi connectivity index (χ2n) is 10.5. The number of aldehydes is 1. The van der Waals surface area contributed by atoms with Gasteiger partial charge in [-0.1, -0.05) is 67.9 Å². The third-order valence-corrected chi connectivity index (χ3v) is 7.79. The van der Waals surface area contributed by atoms with E-state index in [1.165, 1.54) is 5.56 Å². The first-order chi connectivity index (χ1) is 20.5. The molecule has 0 aliphatic carbocycles. The Bertz CT molecular complexity index is 1590. The normalized spacial score (nSPS) is 14.4. The summed E-state index contributed by atoms with van der Waals surface area (Å²) in [6.45, 7) is 4.73. The molecular weight excluding hydrogens is 528 g/mol. The van der Waals surface area contributed by atoms with E-state index in [1.807, 2.05) is 48.5 Å². The van der Waals surface area contributed by atoms with Crippen molar-refractivity contribution in [1.29, 1.82) is 0 Å². The SMILES string of the molecule is CCCCc1c(-c2ccc(C=O)cc2C(=O)N2Cc3ccccc3CC2CN)c(C(=O)OCC)nn1-c1ccccc1. The number of benzene rings is 3. The van der Waals surface area contributed by atoms with Gasteiger partial charge in [-0.15, -0.1) is 0 Å². The summed E-state index contributed by atoms with van der Waals surface area (Å²) >= 11 is 0. The van der Waals surface area contributed by atoms with Gasteiger partial charge in [0.25, 0.3) is 5.91 Å². The number of carbonyl (C=O) groups excluding carboxylic acids is 3. The minimum atomic E-state index is -0.565. The zero-order valence-electron chi connectivity index (χ0n) is 24.1. The van der Waals surface area contributed by atoms with Gasteiger partial charge in [0.2, 0.25) is 0 Å². The summed E-state index contributed by atoms with van der Waals surface area (Å²) in [5.41, 5.74) is 12.0. The van der Waals surface area contributed by atoms with Gasteiger partial charge in [-0.05, 0) is 61.1 Å². The van der Waals surface area contributed by atoms with Crippen molar-refractivity contribution in [2.75, 3.05) is 13.2 Å². The van der Waals surface area contributed by atoms with Crippen LogP contribution in [0.3, 0.4) is 0 Å². The van der Waals surface area contributed by atoms with Gasteiger partial charge in [0.05, 0.1) is 18.0 Å². The van der Waals surface area contributed by atoms with E-state index in [0.29, 0.717) is 48.2 Å². The number of unbranched alkanes of at least 4 members (excludes halogenated alkanes) is 1. The second-order valence-corrected chi connectivity index (χ2v) is 10.5. The van der Waals surface area contributed by atoms with Crippen molar-refractivity contribution in [2.45, 2.75) is 52.1 Å². The number of amides is 1. The van der Waals surface area contributed by atoms with Gasteiger partial charge in [0, 0.05) is 35.8 Å². The Morgan fingerprint density at radius 3 is 2.45 bits per heavy atom. The largest absolute Gasteiger partial charge is 0.461 e. The fourth-order valence-corrected chi connectivity index (χ4v) is 5.66. The Morgan fingerprint density at radius 2 is 1.76 bits per heavy atom. The van der Waals surface area contributed by atoms with Crippen LogP contribution in [0.15, 0.2) is 72.8 Å². The molecule has 2 N–H and O–H groups in total. The first kappa shape index (κ1) is 29.0. The molecule has 0 spiro atoms. The van der Waals surface area contributed by atoms with Crippen molar-refractivity contribution < 1.29 is 19.1 Å². The Morgan fingerprint density at radius 1 is 1.02 bits per heavy atom. The number of hydrogen-bond acceptors (Lipinski definition) is 6. The van der Waals surface area contributed by atoms with E-state index in [0.717, 1.165) is 36.1 Å². The molecule has 1 unspecified atom stereocenters. The average Bonchev–Trinajstić information content (AvgIpc) is 3.42. The summed E-state index contributed by atoms with van der Waals surface area (Å²) in [6, 6.07) is 22.5. The molecule has 8 nitrogen and oxygen atoms in total. The van der Waals surface area contributed by atoms with Crippen LogP contribution in [0.2, 0.25) is 0 Å². The molecule has 0 saturated heterocycles. The molecule has 2 heterocycles. The topological polar surface area (TPSA) is 108 Å². The molecule has 4 aromatic rings. The molecule has 3 aromatic carbocycles. The van der Waals surface area contributed by atoms with E-state index >= 15 is 0 Å². The quantitative estimate of drug-likeness (QED) is 0.204. The van der Waals surface area contributed by atoms with Gasteiger partial charge in [-0.2, -0.15) is 5.10 Å². The summed E-state index contributed by atoms with van der Waals surface area (Å²) in [6.07, 6.45) is 3.77. The first-order valence-corrected chi connectivity index (χ1v) is 14.5. The maximum Gasteiger partial charge on any atom is 0.359 e. The lowest BCUT2D eigenvalue weighted by Crippen LogP contribution is -2.48. The van der Waals surface area contributed by atoms with Crippen LogP contribution in [-0.4, -0.2) is 52.0 Å². The van der Waals surface area contributed by atoms with Gasteiger partial charge in [0.15, 0.2) is 5.69 Å². The second kappa shape index (κ2) is 13.0. The Balaban J connectivity index is 1.72. The van der Waals surface area contributed by atoms with Crippen molar-refractivity contribution in [1.82, 2.24) is 14.7 Å². The first-order valence-electron chi connectivity index (χ1n) is 14.5. The summed E-state index contributed by atoms with van der Waals surface area (Å²) in [5.74, 6) is -0.813. The van der Waals surface area contributed by atoms with Crippen LogP contribution >= 0.6 is 0 Å². The van der Waals surface area contributed by atoms with Crippen LogP contribution in [-0.2, 0) is 24.1 Å². The molecule has 0 saturated carbocycles. The van der Waals surface area contributed by atoms with Gasteiger partial charge in [0.1, 0.15) is 6.29 Å². The zero-order chi connectivity index (χ0) is 29.6. The predicted octanol–water partition coefficient (Wildman–Crippen LogP) is 5.40. The highest BCUT2D eigenvalue weighted by Crippen LogP contribution is 2.36. The number of hydrogen-bond donors (Lipinski definition) is 1. The monoisotopic (exact) mass is 564 g/mol. The van der Waals surface area contributed by atoms with Crippen molar-refractivity contribution in [3.63, 3.8) is 0 Å². The van der Waals surface area contributed by atoms with Crippen molar-refractivity contribution in [3.8, 4) is 16.8 Å². The predicted molar refractivity (Wildman–Crippen MR) is 162 cm³/mol. The van der Waals surface area contributed by atoms with E-state index in [1.54, 1.807) is 34.7 Å². The molecule has 5 rings (SSSR count). The van der Waals surface area contributed by atoms with Gasteiger partial charge in [-0.3, -0.25) is 9.59 Å². The fourth-order valence-electron chi connectivity index (χ4n) is 5.66. The molecule has 8 heteroatoms. The van der Waals surface area contributed by atoms with Crippen molar-refractivity contribution in [2.24, 2.45) is 5.73 Å².